The van der Waals surface area contributed by atoms with Gasteiger partial charge in [-0.3, -0.25) is 0 Å². The third-order valence-corrected chi connectivity index (χ3v) is 6.71. The Morgan fingerprint density at radius 3 is 2.31 bits per heavy atom. The molecule has 3 N–H and O–H groups in total. The SMILES string of the molecule is OC1CC2CC1C(C(CNc1cc(C(F)(F)F)nc3cc(C(F)(F)F)nn13)c1ccc(F)cc1)N2. The molecular weight excluding hydrogens is 483 g/mol. The largest absolute Gasteiger partial charge is 0.435 e. The zero-order chi connectivity index (χ0) is 25.1. The minimum Gasteiger partial charge on any atom is -0.393 e. The number of aromatic nitrogens is 3. The molecule has 3 aromatic rings. The van der Waals surface area contributed by atoms with Crippen LogP contribution in [-0.2, 0) is 12.4 Å². The van der Waals surface area contributed by atoms with Gasteiger partial charge in [-0.15, -0.1) is 0 Å². The Morgan fingerprint density at radius 2 is 1.71 bits per heavy atom. The number of nitrogens with one attached hydrogen (secondary N) is 2. The summed E-state index contributed by atoms with van der Waals surface area (Å²) in [5.74, 6) is -1.35. The van der Waals surface area contributed by atoms with Crippen LogP contribution in [0.4, 0.5) is 36.6 Å². The second kappa shape index (κ2) is 8.33. The number of aliphatic hydroxyl groups is 1. The number of rotatable bonds is 5. The van der Waals surface area contributed by atoms with Crippen molar-refractivity contribution in [2.24, 2.45) is 5.92 Å². The van der Waals surface area contributed by atoms with E-state index >= 15 is 0 Å². The van der Waals surface area contributed by atoms with E-state index in [1.165, 1.54) is 12.1 Å². The summed E-state index contributed by atoms with van der Waals surface area (Å²) in [5.41, 5.74) is -2.69. The summed E-state index contributed by atoms with van der Waals surface area (Å²) in [4.78, 5) is 3.30. The fourth-order valence-electron chi connectivity index (χ4n) is 5.14. The molecule has 0 spiro atoms. The molecule has 5 rings (SSSR count). The number of nitrogens with zero attached hydrogens (tertiary/aromatic N) is 3. The molecule has 5 atom stereocenters. The lowest BCUT2D eigenvalue weighted by Crippen LogP contribution is -2.47. The van der Waals surface area contributed by atoms with Gasteiger partial charge in [0, 0.05) is 42.6 Å². The van der Waals surface area contributed by atoms with Gasteiger partial charge in [-0.2, -0.15) is 36.0 Å². The van der Waals surface area contributed by atoms with Crippen LogP contribution in [0, 0.1) is 11.7 Å². The Balaban J connectivity index is 1.51. The molecule has 1 saturated carbocycles. The van der Waals surface area contributed by atoms with Crippen molar-refractivity contribution in [3.05, 3.63) is 59.2 Å². The highest BCUT2D eigenvalue weighted by Gasteiger charge is 2.48. The smallest absolute Gasteiger partial charge is 0.393 e. The number of alkyl halides is 6. The lowest BCUT2D eigenvalue weighted by molar-refractivity contribution is -0.142. The Hall–Kier alpha value is -2.93. The van der Waals surface area contributed by atoms with Gasteiger partial charge >= 0.3 is 12.4 Å². The van der Waals surface area contributed by atoms with Crippen molar-refractivity contribution >= 4 is 11.5 Å². The molecule has 2 bridgehead atoms. The van der Waals surface area contributed by atoms with Gasteiger partial charge < -0.3 is 15.7 Å². The molecule has 5 unspecified atom stereocenters. The van der Waals surface area contributed by atoms with Crippen molar-refractivity contribution in [2.45, 2.75) is 49.3 Å². The van der Waals surface area contributed by atoms with E-state index in [9.17, 15) is 35.8 Å². The molecule has 6 nitrogen and oxygen atoms in total. The predicted molar refractivity (Wildman–Crippen MR) is 110 cm³/mol. The Bertz CT molecular complexity index is 1220. The second-order valence-corrected chi connectivity index (χ2v) is 8.95. The van der Waals surface area contributed by atoms with Crippen LogP contribution < -0.4 is 10.6 Å². The van der Waals surface area contributed by atoms with E-state index in [0.29, 0.717) is 28.6 Å². The zero-order valence-corrected chi connectivity index (χ0v) is 17.9. The number of fused-ring (bicyclic) bond motifs is 3. The first-order valence-corrected chi connectivity index (χ1v) is 10.9. The van der Waals surface area contributed by atoms with E-state index < -0.39 is 47.2 Å². The maximum atomic E-state index is 13.5. The summed E-state index contributed by atoms with van der Waals surface area (Å²) in [5, 5.41) is 20.0. The highest BCUT2D eigenvalue weighted by molar-refractivity contribution is 5.52. The summed E-state index contributed by atoms with van der Waals surface area (Å²) in [6.45, 7) is -0.0170. The van der Waals surface area contributed by atoms with Crippen LogP contribution in [0.3, 0.4) is 0 Å². The van der Waals surface area contributed by atoms with Crippen LogP contribution in [0.5, 0.6) is 0 Å². The van der Waals surface area contributed by atoms with Crippen molar-refractivity contribution in [1.29, 1.82) is 0 Å². The van der Waals surface area contributed by atoms with E-state index in [-0.39, 0.29) is 30.4 Å². The molecule has 13 heteroatoms. The number of anilines is 1. The number of piperidine rings is 1. The first-order valence-electron chi connectivity index (χ1n) is 10.9. The average Bonchev–Trinajstić information content (AvgIpc) is 3.47. The van der Waals surface area contributed by atoms with Crippen LogP contribution in [0.1, 0.15) is 35.7 Å². The minimum absolute atomic E-state index is 0.0170. The molecule has 2 fully saturated rings. The second-order valence-electron chi connectivity index (χ2n) is 8.95. The van der Waals surface area contributed by atoms with Gasteiger partial charge in [0.1, 0.15) is 11.6 Å². The minimum atomic E-state index is -4.90. The first kappa shape index (κ1) is 23.8. The van der Waals surface area contributed by atoms with E-state index in [0.717, 1.165) is 6.42 Å². The molecule has 1 aliphatic carbocycles. The summed E-state index contributed by atoms with van der Waals surface area (Å²) in [6.07, 6.45) is -9.02. The predicted octanol–water partition coefficient (Wildman–Crippen LogP) is 4.21. The van der Waals surface area contributed by atoms with Gasteiger partial charge in [-0.05, 0) is 30.5 Å². The topological polar surface area (TPSA) is 74.5 Å². The average molecular weight is 503 g/mol. The quantitative estimate of drug-likeness (QED) is 0.455. The maximum absolute atomic E-state index is 13.5. The number of halogens is 7. The molecule has 35 heavy (non-hydrogen) atoms. The highest BCUT2D eigenvalue weighted by atomic mass is 19.4. The van der Waals surface area contributed by atoms with E-state index in [1.54, 1.807) is 12.1 Å². The first-order chi connectivity index (χ1) is 16.4. The van der Waals surface area contributed by atoms with Crippen molar-refractivity contribution < 1.29 is 35.8 Å². The van der Waals surface area contributed by atoms with Gasteiger partial charge in [-0.25, -0.2) is 9.37 Å². The third-order valence-electron chi connectivity index (χ3n) is 6.71. The maximum Gasteiger partial charge on any atom is 0.435 e. The van der Waals surface area contributed by atoms with Gasteiger partial charge in [0.2, 0.25) is 0 Å². The van der Waals surface area contributed by atoms with Crippen molar-refractivity contribution in [2.75, 3.05) is 11.9 Å². The van der Waals surface area contributed by atoms with Crippen LogP contribution in [0.25, 0.3) is 5.65 Å². The molecule has 0 radical (unpaired) electrons. The van der Waals surface area contributed by atoms with Crippen LogP contribution in [0.15, 0.2) is 36.4 Å². The Kier molecular flexibility index (Phi) is 5.66. The van der Waals surface area contributed by atoms with Crippen LogP contribution in [0.2, 0.25) is 0 Å². The summed E-state index contributed by atoms with van der Waals surface area (Å²) in [7, 11) is 0. The molecule has 188 valence electrons. The van der Waals surface area contributed by atoms with Crippen LogP contribution in [-0.4, -0.2) is 44.4 Å². The number of hydrogen-bond acceptors (Lipinski definition) is 5. The molecule has 2 aromatic heterocycles. The number of aliphatic hydroxyl groups excluding tert-OH is 1. The Labute approximate surface area is 194 Å². The lowest BCUT2D eigenvalue weighted by Gasteiger charge is -2.34. The van der Waals surface area contributed by atoms with Gasteiger partial charge in [0.15, 0.2) is 17.0 Å². The fourth-order valence-corrected chi connectivity index (χ4v) is 5.14. The van der Waals surface area contributed by atoms with Crippen molar-refractivity contribution in [3.63, 3.8) is 0 Å². The third kappa shape index (κ3) is 4.54. The molecule has 0 amide bonds. The van der Waals surface area contributed by atoms with E-state index in [1.807, 2.05) is 0 Å². The normalized spacial score (nSPS) is 25.4. The molecule has 1 aliphatic heterocycles. The molecular formula is C22H20F7N5O. The standard InChI is InChI=1S/C22H20F7N5O/c23-11-3-1-10(2-4-11)14(20-13-5-12(31-20)6-15(13)35)9-30-18-7-16(21(24,25)26)32-19-8-17(22(27,28)29)33-34(18)19/h1-4,7-8,12-15,20,30-31,35H,5-6,9H2. The zero-order valence-electron chi connectivity index (χ0n) is 17.9. The van der Waals surface area contributed by atoms with Crippen molar-refractivity contribution in [3.8, 4) is 0 Å². The van der Waals surface area contributed by atoms with Gasteiger partial charge in [0.25, 0.3) is 0 Å². The summed E-state index contributed by atoms with van der Waals surface area (Å²) < 4.78 is 94.0. The van der Waals surface area contributed by atoms with Gasteiger partial charge in [0.05, 0.1) is 6.10 Å². The van der Waals surface area contributed by atoms with Crippen LogP contribution >= 0.6 is 0 Å². The summed E-state index contributed by atoms with van der Waals surface area (Å²) in [6, 6.07) is 6.44. The van der Waals surface area contributed by atoms with E-state index in [2.05, 4.69) is 20.7 Å². The van der Waals surface area contributed by atoms with E-state index in [4.69, 9.17) is 0 Å². The summed E-state index contributed by atoms with van der Waals surface area (Å²) >= 11 is 0. The molecule has 1 aromatic carbocycles. The fraction of sp³-hybridized carbons (Fsp3) is 0.455. The number of hydrogen-bond donors (Lipinski definition) is 3. The Morgan fingerprint density at radius 1 is 1.03 bits per heavy atom. The monoisotopic (exact) mass is 503 g/mol. The molecule has 1 saturated heterocycles. The van der Waals surface area contributed by atoms with Crippen molar-refractivity contribution in [1.82, 2.24) is 19.9 Å². The number of benzene rings is 1. The lowest BCUT2D eigenvalue weighted by atomic mass is 9.82. The molecule has 2 aliphatic rings. The van der Waals surface area contributed by atoms with Gasteiger partial charge in [-0.1, -0.05) is 12.1 Å². The highest BCUT2D eigenvalue weighted by Crippen LogP contribution is 2.42. The molecule has 3 heterocycles.